The van der Waals surface area contributed by atoms with Crippen LogP contribution in [0.25, 0.3) is 0 Å². The van der Waals surface area contributed by atoms with Crippen molar-refractivity contribution in [3.8, 4) is 0 Å². The van der Waals surface area contributed by atoms with Gasteiger partial charge in [-0.25, -0.2) is 4.79 Å². The minimum absolute atomic E-state index is 0.283. The summed E-state index contributed by atoms with van der Waals surface area (Å²) in [6, 6.07) is 7.73. The molecule has 8 nitrogen and oxygen atoms in total. The molecule has 1 aromatic rings. The molecule has 2 N–H and O–H groups in total. The van der Waals surface area contributed by atoms with Gasteiger partial charge in [-0.05, 0) is 53.9 Å². The molecule has 1 saturated heterocycles. The number of hydrogen-bond donors (Lipinski definition) is 1. The summed E-state index contributed by atoms with van der Waals surface area (Å²) in [6.07, 6.45) is -0.373. The fourth-order valence-corrected chi connectivity index (χ4v) is 3.37. The summed E-state index contributed by atoms with van der Waals surface area (Å²) >= 11 is 0. The molecule has 1 fully saturated rings. The first-order valence-corrected chi connectivity index (χ1v) is 10.6. The van der Waals surface area contributed by atoms with Crippen LogP contribution < -0.4 is 11.3 Å². The lowest BCUT2D eigenvalue weighted by Crippen LogP contribution is -2.45. The lowest BCUT2D eigenvalue weighted by molar-refractivity contribution is 0.00578. The maximum Gasteiger partial charge on any atom is 0.494 e. The summed E-state index contributed by atoms with van der Waals surface area (Å²) in [5, 5.41) is 4.00. The second-order valence-corrected chi connectivity index (χ2v) is 9.92. The lowest BCUT2D eigenvalue weighted by atomic mass is 9.78. The molecule has 31 heavy (non-hydrogen) atoms. The molecule has 1 aromatic carbocycles. The van der Waals surface area contributed by atoms with Crippen LogP contribution in [-0.2, 0) is 14.0 Å². The fourth-order valence-electron chi connectivity index (χ4n) is 3.37. The first-order valence-electron chi connectivity index (χ1n) is 10.6. The van der Waals surface area contributed by atoms with E-state index in [4.69, 9.17) is 19.9 Å². The van der Waals surface area contributed by atoms with Crippen molar-refractivity contribution in [2.45, 2.75) is 65.3 Å². The zero-order chi connectivity index (χ0) is 23.0. The van der Waals surface area contributed by atoms with E-state index in [0.717, 1.165) is 11.0 Å². The van der Waals surface area contributed by atoms with Gasteiger partial charge in [-0.1, -0.05) is 24.3 Å². The van der Waals surface area contributed by atoms with E-state index < -0.39 is 23.9 Å². The van der Waals surface area contributed by atoms with Crippen molar-refractivity contribution in [1.82, 2.24) is 4.90 Å². The van der Waals surface area contributed by atoms with Crippen LogP contribution in [0.1, 0.15) is 54.0 Å². The Morgan fingerprint density at radius 1 is 1.23 bits per heavy atom. The standard InChI is InChI=1S/C22H33BN4O4/c1-20(2,3)29-19(28)27-12-11-25-17(14-27)18(26-24)15-9-8-10-16(13-15)23-30-21(4,5)22(6,7)31-23/h8-10,13H,11-12,14,24H2,1-7H3/b26-18-. The summed E-state index contributed by atoms with van der Waals surface area (Å²) in [7, 11) is -0.490. The van der Waals surface area contributed by atoms with E-state index in [0.29, 0.717) is 24.5 Å². The Morgan fingerprint density at radius 2 is 1.87 bits per heavy atom. The molecule has 3 rings (SSSR count). The van der Waals surface area contributed by atoms with Gasteiger partial charge < -0.3 is 24.8 Å². The Morgan fingerprint density at radius 3 is 2.45 bits per heavy atom. The van der Waals surface area contributed by atoms with Gasteiger partial charge in [0.2, 0.25) is 0 Å². The van der Waals surface area contributed by atoms with Crippen molar-refractivity contribution < 1.29 is 18.8 Å². The molecule has 1 amide bonds. The number of rotatable bonds is 3. The molecule has 0 aliphatic carbocycles. The molecule has 2 aliphatic rings. The van der Waals surface area contributed by atoms with E-state index in [1.54, 1.807) is 4.90 Å². The van der Waals surface area contributed by atoms with Crippen LogP contribution in [0.5, 0.6) is 0 Å². The van der Waals surface area contributed by atoms with Crippen LogP contribution in [0.15, 0.2) is 34.4 Å². The molecule has 0 atom stereocenters. The largest absolute Gasteiger partial charge is 0.494 e. The van der Waals surface area contributed by atoms with Crippen molar-refractivity contribution in [2.75, 3.05) is 19.6 Å². The molecule has 0 bridgehead atoms. The summed E-state index contributed by atoms with van der Waals surface area (Å²) in [6.45, 7) is 14.8. The number of aliphatic imine (C=N–C) groups is 1. The van der Waals surface area contributed by atoms with Gasteiger partial charge in [-0.2, -0.15) is 5.10 Å². The number of hydrazone groups is 1. The van der Waals surface area contributed by atoms with E-state index in [9.17, 15) is 4.79 Å². The van der Waals surface area contributed by atoms with E-state index in [1.807, 2.05) is 72.7 Å². The zero-order valence-corrected chi connectivity index (χ0v) is 19.6. The third kappa shape index (κ3) is 5.10. The highest BCUT2D eigenvalue weighted by Gasteiger charge is 2.51. The van der Waals surface area contributed by atoms with Gasteiger partial charge in [0.25, 0.3) is 0 Å². The van der Waals surface area contributed by atoms with E-state index >= 15 is 0 Å². The minimum Gasteiger partial charge on any atom is -0.444 e. The van der Waals surface area contributed by atoms with Gasteiger partial charge in [0.15, 0.2) is 0 Å². The Kier molecular flexibility index (Phi) is 6.22. The van der Waals surface area contributed by atoms with Gasteiger partial charge >= 0.3 is 13.2 Å². The normalized spacial score (nSPS) is 21.1. The smallest absolute Gasteiger partial charge is 0.444 e. The maximum absolute atomic E-state index is 12.5. The van der Waals surface area contributed by atoms with Gasteiger partial charge in [-0.3, -0.25) is 4.99 Å². The summed E-state index contributed by atoms with van der Waals surface area (Å²) in [5.74, 6) is 5.76. The van der Waals surface area contributed by atoms with Crippen LogP contribution in [0.2, 0.25) is 0 Å². The number of nitrogens with zero attached hydrogens (tertiary/aromatic N) is 3. The number of nitrogens with two attached hydrogens (primary N) is 1. The van der Waals surface area contributed by atoms with E-state index in [-0.39, 0.29) is 12.6 Å². The van der Waals surface area contributed by atoms with Crippen LogP contribution in [0.4, 0.5) is 4.79 Å². The zero-order valence-electron chi connectivity index (χ0n) is 19.6. The van der Waals surface area contributed by atoms with Crippen molar-refractivity contribution in [3.63, 3.8) is 0 Å². The van der Waals surface area contributed by atoms with Crippen molar-refractivity contribution in [2.24, 2.45) is 15.9 Å². The Balaban J connectivity index is 1.80. The predicted molar refractivity (Wildman–Crippen MR) is 123 cm³/mol. The van der Waals surface area contributed by atoms with E-state index in [1.165, 1.54) is 0 Å². The molecule has 9 heteroatoms. The molecule has 0 unspecified atom stereocenters. The van der Waals surface area contributed by atoms with Crippen molar-refractivity contribution >= 4 is 30.1 Å². The molecule has 0 spiro atoms. The lowest BCUT2D eigenvalue weighted by Gasteiger charge is -2.32. The third-order valence-corrected chi connectivity index (χ3v) is 5.75. The van der Waals surface area contributed by atoms with Gasteiger partial charge in [0.05, 0.1) is 30.0 Å². The highest BCUT2D eigenvalue weighted by atomic mass is 16.7. The Bertz CT molecular complexity index is 889. The van der Waals surface area contributed by atoms with Gasteiger partial charge in [0, 0.05) is 12.1 Å². The topological polar surface area (TPSA) is 98.7 Å². The molecule has 0 saturated carbocycles. The third-order valence-electron chi connectivity index (χ3n) is 5.75. The Labute approximate surface area is 185 Å². The molecule has 2 aliphatic heterocycles. The van der Waals surface area contributed by atoms with Gasteiger partial charge in [-0.15, -0.1) is 0 Å². The number of benzene rings is 1. The SMILES string of the molecule is CC(C)(C)OC(=O)N1CCN=C(/C(=N\N)c2cccc(B3OC(C)(C)C(C)(C)O3)c2)C1. The van der Waals surface area contributed by atoms with Crippen LogP contribution >= 0.6 is 0 Å². The summed E-state index contributed by atoms with van der Waals surface area (Å²) in [5.41, 5.74) is 1.42. The molecule has 0 aromatic heterocycles. The molecular formula is C22H33BN4O4. The first-order chi connectivity index (χ1) is 14.3. The second kappa shape index (κ2) is 8.28. The number of carbonyl (C=O) groups excluding carboxylic acids is 1. The first kappa shape index (κ1) is 23.3. The summed E-state index contributed by atoms with van der Waals surface area (Å²) in [4.78, 5) is 18.7. The van der Waals surface area contributed by atoms with Crippen LogP contribution in [0.3, 0.4) is 0 Å². The van der Waals surface area contributed by atoms with Crippen molar-refractivity contribution in [3.05, 3.63) is 29.8 Å². The molecule has 2 heterocycles. The number of ether oxygens (including phenoxy) is 1. The number of amides is 1. The maximum atomic E-state index is 12.5. The minimum atomic E-state index is -0.562. The highest BCUT2D eigenvalue weighted by molar-refractivity contribution is 6.62. The quantitative estimate of drug-likeness (QED) is 0.345. The number of hydrogen-bond acceptors (Lipinski definition) is 7. The van der Waals surface area contributed by atoms with Crippen molar-refractivity contribution in [1.29, 1.82) is 0 Å². The summed E-state index contributed by atoms with van der Waals surface area (Å²) < 4.78 is 17.8. The average molecular weight is 428 g/mol. The monoisotopic (exact) mass is 428 g/mol. The molecular weight excluding hydrogens is 395 g/mol. The fraction of sp³-hybridized carbons (Fsp3) is 0.591. The second-order valence-electron chi connectivity index (χ2n) is 9.92. The Hall–Kier alpha value is -2.39. The molecule has 168 valence electrons. The predicted octanol–water partition coefficient (Wildman–Crippen LogP) is 2.34. The average Bonchev–Trinajstić information content (AvgIpc) is 2.89. The highest BCUT2D eigenvalue weighted by Crippen LogP contribution is 2.36. The van der Waals surface area contributed by atoms with Gasteiger partial charge in [0.1, 0.15) is 11.3 Å². The van der Waals surface area contributed by atoms with E-state index in [2.05, 4.69) is 10.1 Å². The molecule has 0 radical (unpaired) electrons. The number of carbonyl (C=O) groups is 1. The van der Waals surface area contributed by atoms with Crippen LogP contribution in [-0.4, -0.2) is 66.0 Å². The van der Waals surface area contributed by atoms with Crippen LogP contribution in [0, 0.1) is 0 Å².